The quantitative estimate of drug-likeness (QED) is 0.738. The van der Waals surface area contributed by atoms with Crippen molar-refractivity contribution in [3.63, 3.8) is 0 Å². The second-order valence-corrected chi connectivity index (χ2v) is 3.65. The van der Waals surface area contributed by atoms with Crippen molar-refractivity contribution in [2.24, 2.45) is 0 Å². The zero-order valence-electron chi connectivity index (χ0n) is 8.67. The fraction of sp³-hybridized carbons (Fsp3) is 0.333. The lowest BCUT2D eigenvalue weighted by atomic mass is 9.93. The first-order chi connectivity index (χ1) is 6.83. The summed E-state index contributed by atoms with van der Waals surface area (Å²) in [7, 11) is 1.99. The Labute approximate surface area is 85.0 Å². The van der Waals surface area contributed by atoms with Crippen LogP contribution in [0.3, 0.4) is 0 Å². The molecule has 0 aliphatic carbocycles. The highest BCUT2D eigenvalue weighted by Crippen LogP contribution is 2.24. The molecule has 2 rings (SSSR count). The number of likely N-dealkylation sites (N-methyl/N-ethyl adjacent to an activating group) is 1. The van der Waals surface area contributed by atoms with E-state index in [-0.39, 0.29) is 0 Å². The molecule has 0 fully saturated rings. The van der Waals surface area contributed by atoms with Crippen LogP contribution in [0.4, 0.5) is 0 Å². The van der Waals surface area contributed by atoms with Crippen LogP contribution >= 0.6 is 0 Å². The average Bonchev–Trinajstić information content (AvgIpc) is 2.27. The van der Waals surface area contributed by atoms with Crippen molar-refractivity contribution in [1.82, 2.24) is 10.6 Å². The maximum atomic E-state index is 3.30. The highest BCUT2D eigenvalue weighted by Gasteiger charge is 2.15. The van der Waals surface area contributed by atoms with Crippen molar-refractivity contribution < 1.29 is 0 Å². The Morgan fingerprint density at radius 3 is 2.93 bits per heavy atom. The Bertz CT molecular complexity index is 355. The Morgan fingerprint density at radius 2 is 2.14 bits per heavy atom. The van der Waals surface area contributed by atoms with E-state index >= 15 is 0 Å². The molecule has 1 aliphatic rings. The minimum absolute atomic E-state index is 0.393. The van der Waals surface area contributed by atoms with Gasteiger partial charge in [-0.25, -0.2) is 0 Å². The van der Waals surface area contributed by atoms with Crippen LogP contribution in [-0.2, 0) is 6.54 Å². The van der Waals surface area contributed by atoms with Gasteiger partial charge in [-0.1, -0.05) is 24.3 Å². The van der Waals surface area contributed by atoms with Crippen LogP contribution in [0, 0.1) is 0 Å². The summed E-state index contributed by atoms with van der Waals surface area (Å²) in [5, 5.41) is 6.57. The number of hydrogen-bond acceptors (Lipinski definition) is 2. The summed E-state index contributed by atoms with van der Waals surface area (Å²) in [5.41, 5.74) is 4.09. The smallest absolute Gasteiger partial charge is 0.0401 e. The van der Waals surface area contributed by atoms with Gasteiger partial charge in [0, 0.05) is 18.8 Å². The topological polar surface area (TPSA) is 24.1 Å². The van der Waals surface area contributed by atoms with Crippen LogP contribution < -0.4 is 10.6 Å². The maximum Gasteiger partial charge on any atom is 0.0401 e. The van der Waals surface area contributed by atoms with Gasteiger partial charge in [0.2, 0.25) is 0 Å². The fourth-order valence-electron chi connectivity index (χ4n) is 1.82. The standard InChI is InChI=1S/C12H16N2/c1-9(13-2)12-8-14-7-10-5-3-4-6-11(10)12/h3-6,8-9,13-14H,7H2,1-2H3/t9-/m1/s1. The molecule has 0 bridgehead atoms. The van der Waals surface area contributed by atoms with E-state index in [9.17, 15) is 0 Å². The second-order valence-electron chi connectivity index (χ2n) is 3.65. The second kappa shape index (κ2) is 3.84. The van der Waals surface area contributed by atoms with E-state index in [0.717, 1.165) is 6.54 Å². The summed E-state index contributed by atoms with van der Waals surface area (Å²) >= 11 is 0. The predicted octanol–water partition coefficient (Wildman–Crippen LogP) is 1.74. The Balaban J connectivity index is 2.40. The number of rotatable bonds is 2. The number of fused-ring (bicyclic) bond motifs is 1. The molecule has 2 heteroatoms. The van der Waals surface area contributed by atoms with Crippen molar-refractivity contribution in [3.8, 4) is 0 Å². The van der Waals surface area contributed by atoms with Crippen LogP contribution in [0.5, 0.6) is 0 Å². The van der Waals surface area contributed by atoms with Gasteiger partial charge in [-0.05, 0) is 30.7 Å². The van der Waals surface area contributed by atoms with Crippen molar-refractivity contribution in [1.29, 1.82) is 0 Å². The Hall–Kier alpha value is -1.28. The summed E-state index contributed by atoms with van der Waals surface area (Å²) < 4.78 is 0. The molecule has 74 valence electrons. The normalized spacial score (nSPS) is 16.6. The lowest BCUT2D eigenvalue weighted by Crippen LogP contribution is -2.27. The van der Waals surface area contributed by atoms with E-state index in [1.165, 1.54) is 16.7 Å². The molecule has 14 heavy (non-hydrogen) atoms. The minimum Gasteiger partial charge on any atom is -0.387 e. The molecule has 0 amide bonds. The number of hydrogen-bond donors (Lipinski definition) is 2. The van der Waals surface area contributed by atoms with Crippen LogP contribution in [0.15, 0.2) is 30.5 Å². The summed E-state index contributed by atoms with van der Waals surface area (Å²) in [6.07, 6.45) is 2.11. The molecule has 1 aliphatic heterocycles. The van der Waals surface area contributed by atoms with E-state index in [1.807, 2.05) is 7.05 Å². The first kappa shape index (κ1) is 9.28. The maximum absolute atomic E-state index is 3.30. The zero-order valence-corrected chi connectivity index (χ0v) is 8.67. The molecule has 0 unspecified atom stereocenters. The molecule has 0 saturated heterocycles. The van der Waals surface area contributed by atoms with Crippen LogP contribution in [-0.4, -0.2) is 13.1 Å². The van der Waals surface area contributed by atoms with Gasteiger partial charge in [0.15, 0.2) is 0 Å². The van der Waals surface area contributed by atoms with Gasteiger partial charge in [0.25, 0.3) is 0 Å². The van der Waals surface area contributed by atoms with Gasteiger partial charge in [0.1, 0.15) is 0 Å². The average molecular weight is 188 g/mol. The molecule has 2 nitrogen and oxygen atoms in total. The van der Waals surface area contributed by atoms with Gasteiger partial charge < -0.3 is 10.6 Å². The van der Waals surface area contributed by atoms with Crippen LogP contribution in [0.1, 0.15) is 18.1 Å². The van der Waals surface area contributed by atoms with Gasteiger partial charge in [0.05, 0.1) is 0 Å². The van der Waals surface area contributed by atoms with Crippen molar-refractivity contribution in [2.45, 2.75) is 19.5 Å². The van der Waals surface area contributed by atoms with E-state index in [2.05, 4.69) is 48.0 Å². The minimum atomic E-state index is 0.393. The highest BCUT2D eigenvalue weighted by molar-refractivity contribution is 5.72. The van der Waals surface area contributed by atoms with Crippen molar-refractivity contribution >= 4 is 5.57 Å². The molecular formula is C12H16N2. The fourth-order valence-corrected chi connectivity index (χ4v) is 1.82. The van der Waals surface area contributed by atoms with Crippen molar-refractivity contribution in [3.05, 3.63) is 41.6 Å². The molecule has 2 N–H and O–H groups in total. The first-order valence-corrected chi connectivity index (χ1v) is 5.02. The zero-order chi connectivity index (χ0) is 9.97. The van der Waals surface area contributed by atoms with E-state index in [0.29, 0.717) is 6.04 Å². The highest BCUT2D eigenvalue weighted by atomic mass is 14.9. The van der Waals surface area contributed by atoms with Crippen LogP contribution in [0.25, 0.3) is 5.57 Å². The molecule has 1 aromatic rings. The largest absolute Gasteiger partial charge is 0.387 e. The molecule has 1 aromatic carbocycles. The summed E-state index contributed by atoms with van der Waals surface area (Å²) in [6.45, 7) is 3.12. The van der Waals surface area contributed by atoms with E-state index in [4.69, 9.17) is 0 Å². The summed E-state index contributed by atoms with van der Waals surface area (Å²) in [6, 6.07) is 8.95. The third-order valence-electron chi connectivity index (χ3n) is 2.78. The molecule has 0 saturated carbocycles. The predicted molar refractivity (Wildman–Crippen MR) is 59.8 cm³/mol. The SMILES string of the molecule is CN[C@H](C)C1=CNCc2ccccc21. The van der Waals surface area contributed by atoms with Gasteiger partial charge in [-0.15, -0.1) is 0 Å². The van der Waals surface area contributed by atoms with Gasteiger partial charge >= 0.3 is 0 Å². The first-order valence-electron chi connectivity index (χ1n) is 5.02. The Morgan fingerprint density at radius 1 is 1.36 bits per heavy atom. The molecular weight excluding hydrogens is 172 g/mol. The molecule has 0 spiro atoms. The number of nitrogens with one attached hydrogen (secondary N) is 2. The van der Waals surface area contributed by atoms with Crippen molar-refractivity contribution in [2.75, 3.05) is 7.05 Å². The summed E-state index contributed by atoms with van der Waals surface area (Å²) in [5.74, 6) is 0. The van der Waals surface area contributed by atoms with E-state index < -0.39 is 0 Å². The Kier molecular flexibility index (Phi) is 2.55. The lowest BCUT2D eigenvalue weighted by molar-refractivity contribution is 0.726. The number of benzene rings is 1. The van der Waals surface area contributed by atoms with E-state index in [1.54, 1.807) is 0 Å². The monoisotopic (exact) mass is 188 g/mol. The third kappa shape index (κ3) is 1.53. The van der Waals surface area contributed by atoms with Gasteiger partial charge in [-0.3, -0.25) is 0 Å². The van der Waals surface area contributed by atoms with Gasteiger partial charge in [-0.2, -0.15) is 0 Å². The molecule has 0 radical (unpaired) electrons. The summed E-state index contributed by atoms with van der Waals surface area (Å²) in [4.78, 5) is 0. The third-order valence-corrected chi connectivity index (χ3v) is 2.78. The molecule has 1 heterocycles. The molecule has 0 aromatic heterocycles. The van der Waals surface area contributed by atoms with Crippen LogP contribution in [0.2, 0.25) is 0 Å². The molecule has 1 atom stereocenters. The lowest BCUT2D eigenvalue weighted by Gasteiger charge is -2.23.